The fraction of sp³-hybridized carbons (Fsp3) is 0.200. The number of halogens is 3. The summed E-state index contributed by atoms with van der Waals surface area (Å²) in [6, 6.07) is 6.53. The average molecular weight is 377 g/mol. The van der Waals surface area contributed by atoms with Gasteiger partial charge in [-0.3, -0.25) is 4.79 Å². The van der Waals surface area contributed by atoms with E-state index in [1.807, 2.05) is 6.07 Å². The lowest BCUT2D eigenvalue weighted by atomic mass is 10.1. The third-order valence-corrected chi connectivity index (χ3v) is 3.66. The molecule has 2 rings (SSSR count). The van der Waals surface area contributed by atoms with Crippen molar-refractivity contribution >= 4 is 47.2 Å². The summed E-state index contributed by atoms with van der Waals surface area (Å²) in [5.74, 6) is 0.154. The van der Waals surface area contributed by atoms with E-state index >= 15 is 0 Å². The van der Waals surface area contributed by atoms with Crippen molar-refractivity contribution in [1.82, 2.24) is 9.88 Å². The molecule has 8 heteroatoms. The van der Waals surface area contributed by atoms with E-state index < -0.39 is 0 Å². The van der Waals surface area contributed by atoms with E-state index in [0.29, 0.717) is 33.7 Å². The number of amides is 1. The van der Waals surface area contributed by atoms with Gasteiger partial charge < -0.3 is 15.4 Å². The number of ether oxygens (including phenoxy) is 1. The predicted molar refractivity (Wildman–Crippen MR) is 94.7 cm³/mol. The molecule has 0 saturated heterocycles. The van der Waals surface area contributed by atoms with Gasteiger partial charge in [-0.1, -0.05) is 29.3 Å². The van der Waals surface area contributed by atoms with Crippen LogP contribution in [0.15, 0.2) is 30.5 Å². The third-order valence-electron chi connectivity index (χ3n) is 3.10. The minimum atomic E-state index is -0.228. The van der Waals surface area contributed by atoms with Crippen LogP contribution in [-0.4, -0.2) is 29.9 Å². The van der Waals surface area contributed by atoms with Gasteiger partial charge in [0.25, 0.3) is 5.91 Å². The lowest BCUT2D eigenvalue weighted by Gasteiger charge is -2.19. The third kappa shape index (κ3) is 4.64. The van der Waals surface area contributed by atoms with Gasteiger partial charge in [0.05, 0.1) is 23.4 Å². The highest BCUT2D eigenvalue weighted by Gasteiger charge is 2.19. The van der Waals surface area contributed by atoms with Gasteiger partial charge in [-0.05, 0) is 17.7 Å². The normalized spacial score (nSPS) is 9.91. The molecule has 2 aromatic rings. The molecule has 1 aromatic heterocycles. The Labute approximate surface area is 150 Å². The molecular formula is C15H16Cl3N3O2. The van der Waals surface area contributed by atoms with E-state index in [-0.39, 0.29) is 18.3 Å². The average Bonchev–Trinajstić information content (AvgIpc) is 2.51. The van der Waals surface area contributed by atoms with Crippen LogP contribution in [0.25, 0.3) is 0 Å². The first kappa shape index (κ1) is 19.4. The number of hydrogen-bond acceptors (Lipinski definition) is 4. The summed E-state index contributed by atoms with van der Waals surface area (Å²) in [6.45, 7) is 0.383. The smallest absolute Gasteiger partial charge is 0.257 e. The quantitative estimate of drug-likeness (QED) is 0.653. The topological polar surface area (TPSA) is 68.5 Å². The number of carbonyl (C=O) groups is 1. The second kappa shape index (κ2) is 8.24. The predicted octanol–water partition coefficient (Wildman–Crippen LogP) is 3.67. The lowest BCUT2D eigenvalue weighted by molar-refractivity contribution is 0.0781. The number of nitrogens with zero attached hydrogens (tertiary/aromatic N) is 2. The highest BCUT2D eigenvalue weighted by atomic mass is 35.5. The molecule has 1 amide bonds. The maximum absolute atomic E-state index is 12.6. The molecule has 0 aliphatic carbocycles. The van der Waals surface area contributed by atoms with Crippen LogP contribution in [0.4, 0.5) is 5.69 Å². The van der Waals surface area contributed by atoms with Crippen LogP contribution in [0.1, 0.15) is 15.9 Å². The highest BCUT2D eigenvalue weighted by molar-refractivity contribution is 6.33. The molecule has 1 aromatic carbocycles. The summed E-state index contributed by atoms with van der Waals surface area (Å²) >= 11 is 11.7. The Bertz CT molecular complexity index is 693. The van der Waals surface area contributed by atoms with E-state index in [0.717, 1.165) is 5.56 Å². The van der Waals surface area contributed by atoms with Gasteiger partial charge in [-0.15, -0.1) is 12.4 Å². The van der Waals surface area contributed by atoms with Gasteiger partial charge in [0.15, 0.2) is 0 Å². The van der Waals surface area contributed by atoms with Crippen molar-refractivity contribution < 1.29 is 9.53 Å². The zero-order valence-electron chi connectivity index (χ0n) is 12.5. The Hall–Kier alpha value is -1.69. The number of hydrogen-bond donors (Lipinski definition) is 1. The first-order chi connectivity index (χ1) is 10.4. The lowest BCUT2D eigenvalue weighted by Crippen LogP contribution is -2.26. The molecule has 23 heavy (non-hydrogen) atoms. The van der Waals surface area contributed by atoms with Crippen molar-refractivity contribution in [1.29, 1.82) is 0 Å². The second-order valence-electron chi connectivity index (χ2n) is 4.72. The van der Waals surface area contributed by atoms with E-state index in [4.69, 9.17) is 33.7 Å². The van der Waals surface area contributed by atoms with Gasteiger partial charge in [0.2, 0.25) is 0 Å². The number of nitrogens with two attached hydrogens (primary N) is 1. The van der Waals surface area contributed by atoms with Crippen LogP contribution in [0, 0.1) is 0 Å². The Kier molecular flexibility index (Phi) is 6.94. The molecule has 0 saturated carbocycles. The SMILES string of the molecule is COc1cc(N)c(Cl)cc1C(=O)N(C)Cc1ccc(Cl)nc1.Cl. The van der Waals surface area contributed by atoms with Crippen molar-refractivity contribution in [2.45, 2.75) is 6.54 Å². The van der Waals surface area contributed by atoms with Gasteiger partial charge >= 0.3 is 0 Å². The summed E-state index contributed by atoms with van der Waals surface area (Å²) in [7, 11) is 3.16. The molecule has 0 bridgehead atoms. The van der Waals surface area contributed by atoms with Crippen LogP contribution in [0.3, 0.4) is 0 Å². The Morgan fingerprint density at radius 3 is 2.61 bits per heavy atom. The molecule has 5 nitrogen and oxygen atoms in total. The second-order valence-corrected chi connectivity index (χ2v) is 5.52. The zero-order chi connectivity index (χ0) is 16.3. The first-order valence-electron chi connectivity index (χ1n) is 6.41. The van der Waals surface area contributed by atoms with Crippen molar-refractivity contribution in [3.8, 4) is 5.75 Å². The minimum Gasteiger partial charge on any atom is -0.496 e. The van der Waals surface area contributed by atoms with Crippen molar-refractivity contribution in [2.75, 3.05) is 19.9 Å². The number of anilines is 1. The number of methoxy groups -OCH3 is 1. The Morgan fingerprint density at radius 1 is 1.35 bits per heavy atom. The van der Waals surface area contributed by atoms with E-state index in [1.54, 1.807) is 19.3 Å². The summed E-state index contributed by atoms with van der Waals surface area (Å²) in [5.41, 5.74) is 7.30. The summed E-state index contributed by atoms with van der Waals surface area (Å²) in [5, 5.41) is 0.718. The monoisotopic (exact) mass is 375 g/mol. The number of carbonyl (C=O) groups excluding carboxylic acids is 1. The molecule has 0 aliphatic rings. The van der Waals surface area contributed by atoms with E-state index in [9.17, 15) is 4.79 Å². The van der Waals surface area contributed by atoms with Crippen molar-refractivity contribution in [3.05, 3.63) is 51.8 Å². The van der Waals surface area contributed by atoms with E-state index in [1.165, 1.54) is 24.1 Å². The molecule has 0 radical (unpaired) electrons. The fourth-order valence-corrected chi connectivity index (χ4v) is 2.23. The molecule has 0 spiro atoms. The molecule has 0 unspecified atom stereocenters. The molecular weight excluding hydrogens is 361 g/mol. The summed E-state index contributed by atoms with van der Waals surface area (Å²) in [4.78, 5) is 18.1. The summed E-state index contributed by atoms with van der Waals surface area (Å²) in [6.07, 6.45) is 1.62. The van der Waals surface area contributed by atoms with Gasteiger partial charge in [-0.25, -0.2) is 4.98 Å². The summed E-state index contributed by atoms with van der Waals surface area (Å²) < 4.78 is 5.20. The van der Waals surface area contributed by atoms with E-state index in [2.05, 4.69) is 4.98 Å². The van der Waals surface area contributed by atoms with Crippen LogP contribution >= 0.6 is 35.6 Å². The number of nitrogen functional groups attached to an aromatic ring is 1. The molecule has 0 atom stereocenters. The van der Waals surface area contributed by atoms with Crippen LogP contribution < -0.4 is 10.5 Å². The fourth-order valence-electron chi connectivity index (χ4n) is 1.96. The standard InChI is InChI=1S/C15H15Cl2N3O2.ClH/c1-20(8-9-3-4-14(17)19-7-9)15(21)10-5-11(16)12(18)6-13(10)22-2;/h3-7H,8,18H2,1-2H3;1H. The van der Waals surface area contributed by atoms with Crippen LogP contribution in [0.5, 0.6) is 5.75 Å². The zero-order valence-corrected chi connectivity index (χ0v) is 14.9. The number of pyridine rings is 1. The molecule has 0 fully saturated rings. The van der Waals surface area contributed by atoms with Gasteiger partial charge in [0, 0.05) is 25.9 Å². The first-order valence-corrected chi connectivity index (χ1v) is 7.17. The number of benzene rings is 1. The van der Waals surface area contributed by atoms with Crippen LogP contribution in [0.2, 0.25) is 10.2 Å². The maximum atomic E-state index is 12.6. The number of rotatable bonds is 4. The highest BCUT2D eigenvalue weighted by Crippen LogP contribution is 2.29. The van der Waals surface area contributed by atoms with Crippen molar-refractivity contribution in [3.63, 3.8) is 0 Å². The molecule has 124 valence electrons. The molecule has 2 N–H and O–H groups in total. The minimum absolute atomic E-state index is 0. The van der Waals surface area contributed by atoms with Gasteiger partial charge in [0.1, 0.15) is 10.9 Å². The maximum Gasteiger partial charge on any atom is 0.257 e. The number of aromatic nitrogens is 1. The molecule has 1 heterocycles. The van der Waals surface area contributed by atoms with Crippen molar-refractivity contribution in [2.24, 2.45) is 0 Å². The largest absolute Gasteiger partial charge is 0.496 e. The Morgan fingerprint density at radius 2 is 2.04 bits per heavy atom. The van der Waals surface area contributed by atoms with Crippen LogP contribution in [-0.2, 0) is 6.54 Å². The van der Waals surface area contributed by atoms with Gasteiger partial charge in [-0.2, -0.15) is 0 Å². The molecule has 0 aliphatic heterocycles. The Balaban J connectivity index is 0.00000264.